The van der Waals surface area contributed by atoms with E-state index in [9.17, 15) is 8.42 Å². The van der Waals surface area contributed by atoms with E-state index in [0.717, 1.165) is 15.6 Å². The predicted octanol–water partition coefficient (Wildman–Crippen LogP) is 3.84. The van der Waals surface area contributed by atoms with Crippen LogP contribution in [0, 0.1) is 13.8 Å². The largest absolute Gasteiger partial charge is 0.493 e. The van der Waals surface area contributed by atoms with Crippen molar-refractivity contribution in [2.75, 3.05) is 7.11 Å². The fraction of sp³-hybridized carbons (Fsp3) is 0.200. The Labute approximate surface area is 133 Å². The number of hydrogen-bond donors (Lipinski definition) is 0. The molecular weight excluding hydrogens is 356 g/mol. The fourth-order valence-electron chi connectivity index (χ4n) is 1.89. The topological polar surface area (TPSA) is 52.6 Å². The first kappa shape index (κ1) is 15.9. The normalized spacial score (nSPS) is 11.2. The molecule has 112 valence electrons. The van der Waals surface area contributed by atoms with Crippen LogP contribution in [0.2, 0.25) is 0 Å². The molecule has 0 aliphatic heterocycles. The number of hydrogen-bond acceptors (Lipinski definition) is 4. The van der Waals surface area contributed by atoms with Gasteiger partial charge in [-0.05, 0) is 37.6 Å². The molecule has 0 heterocycles. The molecule has 0 radical (unpaired) electrons. The first-order valence-corrected chi connectivity index (χ1v) is 8.39. The van der Waals surface area contributed by atoms with Crippen LogP contribution in [0.1, 0.15) is 11.1 Å². The van der Waals surface area contributed by atoms with Crippen molar-refractivity contribution in [3.63, 3.8) is 0 Å². The van der Waals surface area contributed by atoms with Gasteiger partial charge in [0.05, 0.1) is 7.11 Å². The van der Waals surface area contributed by atoms with Gasteiger partial charge < -0.3 is 8.92 Å². The minimum atomic E-state index is -3.90. The van der Waals surface area contributed by atoms with E-state index >= 15 is 0 Å². The molecule has 0 N–H and O–H groups in total. The van der Waals surface area contributed by atoms with Gasteiger partial charge in [0.15, 0.2) is 11.5 Å². The maximum atomic E-state index is 12.3. The molecule has 0 fully saturated rings. The van der Waals surface area contributed by atoms with Crippen LogP contribution in [0.25, 0.3) is 0 Å². The van der Waals surface area contributed by atoms with E-state index in [1.165, 1.54) is 19.2 Å². The summed E-state index contributed by atoms with van der Waals surface area (Å²) < 4.78 is 35.8. The second kappa shape index (κ2) is 6.07. The zero-order chi connectivity index (χ0) is 15.6. The maximum absolute atomic E-state index is 12.3. The monoisotopic (exact) mass is 370 g/mol. The summed E-state index contributed by atoms with van der Waals surface area (Å²) in [6, 6.07) is 9.87. The van der Waals surface area contributed by atoms with Gasteiger partial charge in [0.25, 0.3) is 0 Å². The van der Waals surface area contributed by atoms with Gasteiger partial charge in [0.2, 0.25) is 0 Å². The Balaban J connectivity index is 2.43. The van der Waals surface area contributed by atoms with Crippen molar-refractivity contribution < 1.29 is 17.3 Å². The van der Waals surface area contributed by atoms with Crippen LogP contribution < -0.4 is 8.92 Å². The maximum Gasteiger partial charge on any atom is 0.339 e. The lowest BCUT2D eigenvalue weighted by Gasteiger charge is -2.13. The van der Waals surface area contributed by atoms with Crippen LogP contribution >= 0.6 is 15.9 Å². The average Bonchev–Trinajstić information content (AvgIpc) is 2.38. The van der Waals surface area contributed by atoms with E-state index in [2.05, 4.69) is 15.9 Å². The highest BCUT2D eigenvalue weighted by Gasteiger charge is 2.20. The van der Waals surface area contributed by atoms with Gasteiger partial charge >= 0.3 is 10.1 Å². The van der Waals surface area contributed by atoms with Crippen molar-refractivity contribution >= 4 is 26.0 Å². The van der Waals surface area contributed by atoms with Gasteiger partial charge in [-0.3, -0.25) is 0 Å². The zero-order valence-electron chi connectivity index (χ0n) is 11.9. The van der Waals surface area contributed by atoms with Crippen LogP contribution in [0.4, 0.5) is 0 Å². The Morgan fingerprint density at radius 1 is 1.05 bits per heavy atom. The Hall–Kier alpha value is -1.53. The van der Waals surface area contributed by atoms with Gasteiger partial charge in [0, 0.05) is 10.5 Å². The summed E-state index contributed by atoms with van der Waals surface area (Å²) >= 11 is 3.32. The van der Waals surface area contributed by atoms with Crippen molar-refractivity contribution in [1.29, 1.82) is 0 Å². The molecule has 0 unspecified atom stereocenters. The van der Waals surface area contributed by atoms with Crippen LogP contribution in [-0.2, 0) is 10.1 Å². The van der Waals surface area contributed by atoms with Gasteiger partial charge in [-0.15, -0.1) is 0 Å². The third-order valence-electron chi connectivity index (χ3n) is 2.92. The molecule has 0 bridgehead atoms. The minimum absolute atomic E-state index is 0.104. The zero-order valence-corrected chi connectivity index (χ0v) is 14.3. The number of rotatable bonds is 4. The van der Waals surface area contributed by atoms with E-state index < -0.39 is 10.1 Å². The number of ether oxygens (including phenoxy) is 1. The highest BCUT2D eigenvalue weighted by Crippen LogP contribution is 2.36. The van der Waals surface area contributed by atoms with Crippen molar-refractivity contribution in [3.8, 4) is 11.5 Å². The second-order valence-corrected chi connectivity index (χ2v) is 7.07. The van der Waals surface area contributed by atoms with Crippen molar-refractivity contribution in [3.05, 3.63) is 52.0 Å². The molecule has 0 aliphatic rings. The van der Waals surface area contributed by atoms with E-state index in [1.807, 2.05) is 19.9 Å². The van der Waals surface area contributed by atoms with Crippen molar-refractivity contribution in [2.24, 2.45) is 0 Å². The van der Waals surface area contributed by atoms with Crippen LogP contribution in [0.15, 0.2) is 45.8 Å². The smallest absolute Gasteiger partial charge is 0.339 e. The Morgan fingerprint density at radius 3 is 2.24 bits per heavy atom. The van der Waals surface area contributed by atoms with Crippen molar-refractivity contribution in [1.82, 2.24) is 0 Å². The molecule has 0 aromatic heterocycles. The average molecular weight is 371 g/mol. The summed E-state index contributed by atoms with van der Waals surface area (Å²) in [7, 11) is -2.42. The van der Waals surface area contributed by atoms with Gasteiger partial charge in [-0.2, -0.15) is 8.42 Å². The molecule has 0 saturated carbocycles. The summed E-state index contributed by atoms with van der Waals surface area (Å²) in [4.78, 5) is 0.104. The predicted molar refractivity (Wildman–Crippen MR) is 84.4 cm³/mol. The molecule has 0 amide bonds. The molecular formula is C15H15BrO4S. The minimum Gasteiger partial charge on any atom is -0.493 e. The number of methoxy groups -OCH3 is 1. The molecule has 0 spiro atoms. The Morgan fingerprint density at radius 2 is 1.67 bits per heavy atom. The number of halogens is 1. The Bertz CT molecular complexity index is 752. The summed E-state index contributed by atoms with van der Waals surface area (Å²) in [5, 5.41) is 0. The summed E-state index contributed by atoms with van der Waals surface area (Å²) in [6.07, 6.45) is 0. The molecule has 2 aromatic carbocycles. The molecule has 21 heavy (non-hydrogen) atoms. The van der Waals surface area contributed by atoms with Gasteiger partial charge in [-0.25, -0.2) is 0 Å². The first-order valence-electron chi connectivity index (χ1n) is 6.19. The van der Waals surface area contributed by atoms with E-state index in [-0.39, 0.29) is 10.6 Å². The lowest BCUT2D eigenvalue weighted by molar-refractivity contribution is 0.387. The molecule has 4 nitrogen and oxygen atoms in total. The summed E-state index contributed by atoms with van der Waals surface area (Å²) in [5.41, 5.74) is 1.76. The molecule has 0 saturated heterocycles. The molecule has 0 atom stereocenters. The van der Waals surface area contributed by atoms with Gasteiger partial charge in [-0.1, -0.05) is 33.6 Å². The lowest BCUT2D eigenvalue weighted by atomic mass is 10.2. The molecule has 0 aliphatic carbocycles. The molecule has 2 rings (SSSR count). The Kier molecular flexibility index (Phi) is 4.58. The number of aryl methyl sites for hydroxylation is 2. The van der Waals surface area contributed by atoms with E-state index in [1.54, 1.807) is 18.2 Å². The third-order valence-corrected chi connectivity index (χ3v) is 4.62. The SMILES string of the molecule is COc1c(C)cc(Br)cc1OS(=O)(=O)c1ccc(C)cc1. The van der Waals surface area contributed by atoms with Crippen LogP contribution in [-0.4, -0.2) is 15.5 Å². The van der Waals surface area contributed by atoms with Crippen molar-refractivity contribution in [2.45, 2.75) is 18.7 Å². The fourth-order valence-corrected chi connectivity index (χ4v) is 3.37. The molecule has 2 aromatic rings. The third kappa shape index (κ3) is 3.57. The van der Waals surface area contributed by atoms with Crippen LogP contribution in [0.5, 0.6) is 11.5 Å². The quantitative estimate of drug-likeness (QED) is 0.767. The van der Waals surface area contributed by atoms with Crippen LogP contribution in [0.3, 0.4) is 0 Å². The van der Waals surface area contributed by atoms with E-state index in [0.29, 0.717) is 5.75 Å². The second-order valence-electron chi connectivity index (χ2n) is 4.60. The first-order chi connectivity index (χ1) is 9.83. The number of benzene rings is 2. The summed E-state index contributed by atoms with van der Waals surface area (Å²) in [6.45, 7) is 3.70. The highest BCUT2D eigenvalue weighted by molar-refractivity contribution is 9.10. The highest BCUT2D eigenvalue weighted by atomic mass is 79.9. The lowest BCUT2D eigenvalue weighted by Crippen LogP contribution is -2.10. The summed E-state index contributed by atoms with van der Waals surface area (Å²) in [5.74, 6) is 0.554. The standard InChI is InChI=1S/C15H15BrO4S/c1-10-4-6-13(7-5-10)21(17,18)20-14-9-12(16)8-11(2)15(14)19-3/h4-9H,1-3H3. The molecule has 6 heteroatoms. The van der Waals surface area contributed by atoms with Gasteiger partial charge in [0.1, 0.15) is 4.90 Å². The van der Waals surface area contributed by atoms with E-state index in [4.69, 9.17) is 8.92 Å².